The first-order valence-electron chi connectivity index (χ1n) is 10.3. The molecule has 7 nitrogen and oxygen atoms in total. The highest BCUT2D eigenvalue weighted by Gasteiger charge is 2.33. The zero-order chi connectivity index (χ0) is 20.9. The summed E-state index contributed by atoms with van der Waals surface area (Å²) in [4.78, 5) is 7.23. The molecule has 1 aliphatic heterocycles. The Morgan fingerprint density at radius 3 is 2.39 bits per heavy atom. The van der Waals surface area contributed by atoms with Gasteiger partial charge in [0, 0.05) is 25.2 Å². The molecule has 0 aromatic carbocycles. The normalized spacial score (nSPS) is 24.1. The number of aryl methyl sites for hydroxylation is 1. The Bertz CT molecular complexity index is 644. The van der Waals surface area contributed by atoms with E-state index in [1.54, 1.807) is 6.92 Å². The number of rotatable bonds is 7. The van der Waals surface area contributed by atoms with Gasteiger partial charge in [-0.1, -0.05) is 0 Å². The summed E-state index contributed by atoms with van der Waals surface area (Å²) < 4.78 is 11.4. The molecular weight excluding hydrogens is 356 g/mol. The van der Waals surface area contributed by atoms with Crippen molar-refractivity contribution in [2.24, 2.45) is 4.99 Å². The summed E-state index contributed by atoms with van der Waals surface area (Å²) >= 11 is 0. The Balaban J connectivity index is 2.00. The molecule has 1 aliphatic rings. The van der Waals surface area contributed by atoms with Crippen molar-refractivity contribution in [1.29, 1.82) is 0 Å². The maximum absolute atomic E-state index is 10.7. The summed E-state index contributed by atoms with van der Waals surface area (Å²) in [6.45, 7) is 17.8. The van der Waals surface area contributed by atoms with E-state index in [-0.39, 0.29) is 17.7 Å². The maximum Gasteiger partial charge on any atom is 0.191 e. The second-order valence-corrected chi connectivity index (χ2v) is 8.71. The van der Waals surface area contributed by atoms with Crippen molar-refractivity contribution in [3.05, 3.63) is 23.7 Å². The molecule has 7 heteroatoms. The quantitative estimate of drug-likeness (QED) is 0.486. The summed E-state index contributed by atoms with van der Waals surface area (Å²) in [5, 5.41) is 17.3. The first kappa shape index (κ1) is 22.7. The number of hydrogen-bond donors (Lipinski definition) is 3. The van der Waals surface area contributed by atoms with Crippen LogP contribution >= 0.6 is 0 Å². The molecule has 0 aliphatic carbocycles. The molecule has 0 spiro atoms. The molecule has 2 rings (SSSR count). The second-order valence-electron chi connectivity index (χ2n) is 8.71. The minimum Gasteiger partial charge on any atom is -0.463 e. The zero-order valence-corrected chi connectivity index (χ0v) is 18.5. The molecule has 3 N–H and O–H groups in total. The molecule has 1 aromatic heterocycles. The molecule has 3 atom stereocenters. The van der Waals surface area contributed by atoms with Crippen molar-refractivity contribution < 1.29 is 14.3 Å². The summed E-state index contributed by atoms with van der Waals surface area (Å²) in [5.74, 6) is 2.02. The molecule has 0 saturated carbocycles. The highest BCUT2D eigenvalue weighted by atomic mass is 16.5. The Kier molecular flexibility index (Phi) is 7.53. The van der Waals surface area contributed by atoms with Crippen LogP contribution in [0.5, 0.6) is 0 Å². The summed E-state index contributed by atoms with van der Waals surface area (Å²) in [5.41, 5.74) is -1.20. The SMILES string of the molecule is CCNC(=NCC(C)(C)N1CC(C)OC(C)C1)NCC(C)(O)c1ccc(C)o1. The number of ether oxygens (including phenoxy) is 1. The fourth-order valence-corrected chi connectivity index (χ4v) is 3.45. The number of guanidine groups is 1. The van der Waals surface area contributed by atoms with Gasteiger partial charge in [-0.25, -0.2) is 0 Å². The Hall–Kier alpha value is -1.57. The van der Waals surface area contributed by atoms with Crippen molar-refractivity contribution in [3.63, 3.8) is 0 Å². The van der Waals surface area contributed by atoms with Crippen LogP contribution in [0, 0.1) is 6.92 Å². The van der Waals surface area contributed by atoms with Gasteiger partial charge in [0.2, 0.25) is 0 Å². The van der Waals surface area contributed by atoms with Gasteiger partial charge in [0.25, 0.3) is 0 Å². The average molecular weight is 395 g/mol. The highest BCUT2D eigenvalue weighted by Crippen LogP contribution is 2.23. The first-order chi connectivity index (χ1) is 13.0. The zero-order valence-electron chi connectivity index (χ0n) is 18.5. The standard InChI is InChI=1S/C21H38N4O3/c1-8-22-19(24-14-21(7,26)18-10-9-15(2)28-18)23-13-20(5,6)25-11-16(3)27-17(4)12-25/h9-10,16-17,26H,8,11-14H2,1-7H3,(H2,22,23,24). The van der Waals surface area contributed by atoms with Gasteiger partial charge in [-0.05, 0) is 60.6 Å². The third kappa shape index (κ3) is 6.22. The van der Waals surface area contributed by atoms with Gasteiger partial charge in [0.1, 0.15) is 17.1 Å². The molecule has 1 fully saturated rings. The van der Waals surface area contributed by atoms with E-state index in [0.29, 0.717) is 24.8 Å². The molecule has 0 bridgehead atoms. The van der Waals surface area contributed by atoms with E-state index in [2.05, 4.69) is 43.2 Å². The van der Waals surface area contributed by atoms with Crippen LogP contribution in [0.4, 0.5) is 0 Å². The number of hydrogen-bond acceptors (Lipinski definition) is 5. The number of aliphatic hydroxyl groups is 1. The van der Waals surface area contributed by atoms with Gasteiger partial charge in [-0.3, -0.25) is 9.89 Å². The van der Waals surface area contributed by atoms with Crippen LogP contribution in [0.25, 0.3) is 0 Å². The van der Waals surface area contributed by atoms with Crippen LogP contribution in [0.1, 0.15) is 53.1 Å². The minimum absolute atomic E-state index is 0.0880. The fraction of sp³-hybridized carbons (Fsp3) is 0.762. The van der Waals surface area contributed by atoms with Gasteiger partial charge in [-0.2, -0.15) is 0 Å². The Labute approximate surface area is 169 Å². The van der Waals surface area contributed by atoms with Gasteiger partial charge < -0.3 is 24.9 Å². The molecule has 0 radical (unpaired) electrons. The van der Waals surface area contributed by atoms with Crippen LogP contribution in [-0.4, -0.2) is 66.4 Å². The van der Waals surface area contributed by atoms with Crippen LogP contribution in [0.15, 0.2) is 21.5 Å². The van der Waals surface area contributed by atoms with Gasteiger partial charge in [0.15, 0.2) is 5.96 Å². The predicted octanol–water partition coefficient (Wildman–Crippen LogP) is 2.24. The summed E-state index contributed by atoms with van der Waals surface area (Å²) in [7, 11) is 0. The number of morpholine rings is 1. The first-order valence-corrected chi connectivity index (χ1v) is 10.3. The minimum atomic E-state index is -1.12. The monoisotopic (exact) mass is 394 g/mol. The smallest absolute Gasteiger partial charge is 0.191 e. The highest BCUT2D eigenvalue weighted by molar-refractivity contribution is 5.79. The van der Waals surface area contributed by atoms with Crippen LogP contribution in [0.2, 0.25) is 0 Å². The van der Waals surface area contributed by atoms with Gasteiger partial charge >= 0.3 is 0 Å². The van der Waals surface area contributed by atoms with Crippen LogP contribution in [0.3, 0.4) is 0 Å². The number of aliphatic imine (C=N–C) groups is 1. The summed E-state index contributed by atoms with van der Waals surface area (Å²) in [6, 6.07) is 3.67. The molecule has 0 amide bonds. The van der Waals surface area contributed by atoms with E-state index < -0.39 is 5.60 Å². The molecule has 3 unspecified atom stereocenters. The largest absolute Gasteiger partial charge is 0.463 e. The van der Waals surface area contributed by atoms with E-state index >= 15 is 0 Å². The van der Waals surface area contributed by atoms with E-state index in [4.69, 9.17) is 14.1 Å². The van der Waals surface area contributed by atoms with E-state index in [1.807, 2.05) is 26.0 Å². The molecule has 160 valence electrons. The lowest BCUT2D eigenvalue weighted by molar-refractivity contribution is -0.0939. The lowest BCUT2D eigenvalue weighted by Gasteiger charge is -2.44. The predicted molar refractivity (Wildman–Crippen MR) is 113 cm³/mol. The van der Waals surface area contributed by atoms with Crippen molar-refractivity contribution in [1.82, 2.24) is 15.5 Å². The maximum atomic E-state index is 10.7. The Morgan fingerprint density at radius 1 is 1.21 bits per heavy atom. The van der Waals surface area contributed by atoms with E-state index in [1.165, 1.54) is 0 Å². The number of nitrogens with one attached hydrogen (secondary N) is 2. The number of nitrogens with zero attached hydrogens (tertiary/aromatic N) is 2. The van der Waals surface area contributed by atoms with E-state index in [0.717, 1.165) is 25.4 Å². The number of furan rings is 1. The fourth-order valence-electron chi connectivity index (χ4n) is 3.45. The van der Waals surface area contributed by atoms with Crippen molar-refractivity contribution >= 4 is 5.96 Å². The molecule has 1 saturated heterocycles. The van der Waals surface area contributed by atoms with Crippen molar-refractivity contribution in [3.8, 4) is 0 Å². The lowest BCUT2D eigenvalue weighted by atomic mass is 10.0. The molecule has 1 aromatic rings. The Morgan fingerprint density at radius 2 is 1.86 bits per heavy atom. The van der Waals surface area contributed by atoms with Gasteiger partial charge in [-0.15, -0.1) is 0 Å². The van der Waals surface area contributed by atoms with Crippen molar-refractivity contribution in [2.75, 3.05) is 32.7 Å². The van der Waals surface area contributed by atoms with Crippen LogP contribution < -0.4 is 10.6 Å². The van der Waals surface area contributed by atoms with Gasteiger partial charge in [0.05, 0.1) is 25.3 Å². The summed E-state index contributed by atoms with van der Waals surface area (Å²) in [6.07, 6.45) is 0.454. The third-order valence-corrected chi connectivity index (χ3v) is 5.12. The van der Waals surface area contributed by atoms with Crippen LogP contribution in [-0.2, 0) is 10.3 Å². The topological polar surface area (TPSA) is 82.3 Å². The molecule has 28 heavy (non-hydrogen) atoms. The second kappa shape index (κ2) is 9.29. The molecular formula is C21H38N4O3. The molecule has 2 heterocycles. The third-order valence-electron chi connectivity index (χ3n) is 5.12. The average Bonchev–Trinajstić information content (AvgIpc) is 3.04. The lowest BCUT2D eigenvalue weighted by Crippen LogP contribution is -2.56. The van der Waals surface area contributed by atoms with E-state index in [9.17, 15) is 5.11 Å². The van der Waals surface area contributed by atoms with Crippen molar-refractivity contribution in [2.45, 2.75) is 71.8 Å².